The van der Waals surface area contributed by atoms with E-state index in [2.05, 4.69) is 29.6 Å². The van der Waals surface area contributed by atoms with E-state index >= 15 is 0 Å². The molecule has 2 heterocycles. The van der Waals surface area contributed by atoms with E-state index in [4.69, 9.17) is 11.6 Å². The minimum atomic E-state index is -0.389. The van der Waals surface area contributed by atoms with E-state index in [1.807, 2.05) is 24.3 Å². The van der Waals surface area contributed by atoms with Gasteiger partial charge in [-0.15, -0.1) is 11.3 Å². The lowest BCUT2D eigenvalue weighted by Gasteiger charge is -2.22. The van der Waals surface area contributed by atoms with Crippen molar-refractivity contribution >= 4 is 40.7 Å². The van der Waals surface area contributed by atoms with Crippen LogP contribution in [0.3, 0.4) is 0 Å². The van der Waals surface area contributed by atoms with Crippen LogP contribution in [0, 0.1) is 0 Å². The molecular formula is C24H29ClN4O3S. The summed E-state index contributed by atoms with van der Waals surface area (Å²) in [6, 6.07) is 10.4. The number of hydrogen-bond acceptors (Lipinski definition) is 5. The normalized spacial score (nSPS) is 21.2. The molecule has 1 aromatic heterocycles. The molecule has 2 aromatic rings. The third-order valence-corrected chi connectivity index (χ3v) is 7.66. The zero-order valence-electron chi connectivity index (χ0n) is 19.1. The molecule has 2 aliphatic rings. The summed E-state index contributed by atoms with van der Waals surface area (Å²) in [4.78, 5) is 41.9. The van der Waals surface area contributed by atoms with Crippen molar-refractivity contribution < 1.29 is 14.4 Å². The molecule has 2 N–H and O–H groups in total. The Labute approximate surface area is 203 Å². The average Bonchev–Trinajstić information content (AvgIpc) is 3.21. The third-order valence-electron chi connectivity index (χ3n) is 6.43. The van der Waals surface area contributed by atoms with Crippen molar-refractivity contribution in [1.82, 2.24) is 20.4 Å². The molecule has 1 aromatic carbocycles. The fourth-order valence-corrected chi connectivity index (χ4v) is 5.50. The Morgan fingerprint density at radius 1 is 1.03 bits per heavy atom. The van der Waals surface area contributed by atoms with Crippen LogP contribution in [0.1, 0.15) is 45.4 Å². The molecule has 1 aliphatic heterocycles. The highest BCUT2D eigenvalue weighted by Gasteiger charge is 2.44. The van der Waals surface area contributed by atoms with Gasteiger partial charge in [0.1, 0.15) is 0 Å². The first kappa shape index (κ1) is 23.7. The van der Waals surface area contributed by atoms with Gasteiger partial charge in [-0.05, 0) is 56.8 Å². The number of rotatable bonds is 7. The van der Waals surface area contributed by atoms with E-state index in [0.717, 1.165) is 19.4 Å². The highest BCUT2D eigenvalue weighted by atomic mass is 35.5. The van der Waals surface area contributed by atoms with Crippen LogP contribution in [-0.4, -0.2) is 73.3 Å². The van der Waals surface area contributed by atoms with E-state index in [0.29, 0.717) is 27.9 Å². The molecule has 176 valence electrons. The van der Waals surface area contributed by atoms with Crippen molar-refractivity contribution in [3.63, 3.8) is 0 Å². The smallest absolute Gasteiger partial charge is 0.261 e. The Kier molecular flexibility index (Phi) is 6.79. The molecule has 0 bridgehead atoms. The van der Waals surface area contributed by atoms with E-state index in [1.165, 1.54) is 23.8 Å². The van der Waals surface area contributed by atoms with Crippen LogP contribution in [0.5, 0.6) is 0 Å². The number of likely N-dealkylation sites (tertiary alicyclic amines) is 1. The fourth-order valence-electron chi connectivity index (χ4n) is 4.55. The molecule has 7 nitrogen and oxygen atoms in total. The summed E-state index contributed by atoms with van der Waals surface area (Å²) >= 11 is 7.14. The lowest BCUT2D eigenvalue weighted by Crippen LogP contribution is -2.50. The number of carbonyl (C=O) groups is 3. The van der Waals surface area contributed by atoms with Gasteiger partial charge in [-0.3, -0.25) is 14.4 Å². The minimum Gasteiger partial charge on any atom is -0.345 e. The van der Waals surface area contributed by atoms with Crippen LogP contribution in [-0.2, 0) is 10.2 Å². The Bertz CT molecular complexity index is 1050. The van der Waals surface area contributed by atoms with Gasteiger partial charge in [0, 0.05) is 37.5 Å². The summed E-state index contributed by atoms with van der Waals surface area (Å²) in [6.07, 6.45) is 2.33. The summed E-state index contributed by atoms with van der Waals surface area (Å²) in [6.45, 7) is 3.18. The van der Waals surface area contributed by atoms with Gasteiger partial charge in [-0.1, -0.05) is 23.7 Å². The maximum absolute atomic E-state index is 13.0. The van der Waals surface area contributed by atoms with Crippen LogP contribution >= 0.6 is 22.9 Å². The van der Waals surface area contributed by atoms with Crippen LogP contribution in [0.25, 0.3) is 0 Å². The van der Waals surface area contributed by atoms with Crippen molar-refractivity contribution in [2.75, 3.05) is 33.7 Å². The molecule has 2 unspecified atom stereocenters. The second kappa shape index (κ2) is 9.44. The number of likely N-dealkylation sites (N-methyl/N-ethyl adjacent to an activating group) is 1. The Balaban J connectivity index is 1.43. The molecule has 0 radical (unpaired) electrons. The molecule has 2 atom stereocenters. The monoisotopic (exact) mass is 488 g/mol. The highest BCUT2D eigenvalue weighted by molar-refractivity contribution is 7.18. The Morgan fingerprint density at radius 3 is 2.12 bits per heavy atom. The molecule has 9 heteroatoms. The second-order valence-corrected chi connectivity index (χ2v) is 11.0. The molecule has 33 heavy (non-hydrogen) atoms. The lowest BCUT2D eigenvalue weighted by atomic mass is 9.94. The van der Waals surface area contributed by atoms with Gasteiger partial charge in [0.25, 0.3) is 11.8 Å². The number of thiophene rings is 1. The van der Waals surface area contributed by atoms with Crippen LogP contribution in [0.4, 0.5) is 0 Å². The lowest BCUT2D eigenvalue weighted by molar-refractivity contribution is -0.127. The van der Waals surface area contributed by atoms with Gasteiger partial charge >= 0.3 is 0 Å². The van der Waals surface area contributed by atoms with Crippen molar-refractivity contribution in [3.05, 3.63) is 56.7 Å². The average molecular weight is 489 g/mol. The summed E-state index contributed by atoms with van der Waals surface area (Å²) in [5, 5.41) is 5.98. The number of nitrogens with one attached hydrogen (secondary N) is 2. The third kappa shape index (κ3) is 5.39. The summed E-state index contributed by atoms with van der Waals surface area (Å²) in [5.41, 5.74) is 2.03. The molecule has 1 aliphatic carbocycles. The zero-order chi connectivity index (χ0) is 23.8. The zero-order valence-corrected chi connectivity index (χ0v) is 20.6. The SMILES string of the molecule is CC(=O)N1CC(NC(=O)c2ccc(C3(CN(C)C)CC3)cc2)C(NC(=O)c2ccc(Cl)s2)C1. The number of amides is 3. The van der Waals surface area contributed by atoms with Crippen LogP contribution in [0.2, 0.25) is 4.34 Å². The second-order valence-electron chi connectivity index (χ2n) is 9.28. The maximum atomic E-state index is 13.0. The van der Waals surface area contributed by atoms with Crippen molar-refractivity contribution in [2.24, 2.45) is 0 Å². The number of carbonyl (C=O) groups excluding carboxylic acids is 3. The first-order chi connectivity index (χ1) is 15.7. The predicted molar refractivity (Wildman–Crippen MR) is 130 cm³/mol. The summed E-state index contributed by atoms with van der Waals surface area (Å²) < 4.78 is 0.531. The Morgan fingerprint density at radius 2 is 1.64 bits per heavy atom. The standard InChI is InChI=1S/C24H29ClN4O3S/c1-15(30)29-12-18(19(13-29)27-23(32)20-8-9-21(25)33-20)26-22(31)16-4-6-17(7-5-16)24(10-11-24)14-28(2)3/h4-9,18-19H,10-14H2,1-3H3,(H,26,31)(H,27,32). The van der Waals surface area contributed by atoms with Gasteiger partial charge < -0.3 is 20.4 Å². The first-order valence-corrected chi connectivity index (χ1v) is 12.2. The van der Waals surface area contributed by atoms with E-state index in [1.54, 1.807) is 17.0 Å². The summed E-state index contributed by atoms with van der Waals surface area (Å²) in [5.74, 6) is -0.570. The largest absolute Gasteiger partial charge is 0.345 e. The number of hydrogen-bond donors (Lipinski definition) is 2. The quantitative estimate of drug-likeness (QED) is 0.628. The van der Waals surface area contributed by atoms with Gasteiger partial charge in [-0.2, -0.15) is 0 Å². The molecule has 2 fully saturated rings. The predicted octanol–water partition coefficient (Wildman–Crippen LogP) is 2.75. The molecule has 3 amide bonds. The van der Waals surface area contributed by atoms with Gasteiger partial charge in [-0.25, -0.2) is 0 Å². The number of benzene rings is 1. The van der Waals surface area contributed by atoms with E-state index < -0.39 is 0 Å². The van der Waals surface area contributed by atoms with E-state index in [9.17, 15) is 14.4 Å². The van der Waals surface area contributed by atoms with Crippen molar-refractivity contribution in [3.8, 4) is 0 Å². The molecule has 1 saturated heterocycles. The molecule has 4 rings (SSSR count). The number of nitrogens with zero attached hydrogens (tertiary/aromatic N) is 2. The van der Waals surface area contributed by atoms with E-state index in [-0.39, 0.29) is 35.2 Å². The van der Waals surface area contributed by atoms with Gasteiger partial charge in [0.05, 0.1) is 21.3 Å². The van der Waals surface area contributed by atoms with Crippen LogP contribution in [0.15, 0.2) is 36.4 Å². The molecule has 1 saturated carbocycles. The van der Waals surface area contributed by atoms with Gasteiger partial charge in [0.2, 0.25) is 5.91 Å². The van der Waals surface area contributed by atoms with Crippen molar-refractivity contribution in [2.45, 2.75) is 37.3 Å². The molecular weight excluding hydrogens is 460 g/mol. The highest BCUT2D eigenvalue weighted by Crippen LogP contribution is 2.48. The van der Waals surface area contributed by atoms with Crippen LogP contribution < -0.4 is 10.6 Å². The minimum absolute atomic E-state index is 0.0925. The number of halogens is 1. The summed E-state index contributed by atoms with van der Waals surface area (Å²) in [7, 11) is 4.16. The van der Waals surface area contributed by atoms with Crippen molar-refractivity contribution in [1.29, 1.82) is 0 Å². The fraction of sp³-hybridized carbons (Fsp3) is 0.458. The van der Waals surface area contributed by atoms with Gasteiger partial charge in [0.15, 0.2) is 0 Å². The Hall–Kier alpha value is -2.42. The first-order valence-electron chi connectivity index (χ1n) is 11.0. The maximum Gasteiger partial charge on any atom is 0.261 e. The molecule has 0 spiro atoms. The topological polar surface area (TPSA) is 81.8 Å².